The summed E-state index contributed by atoms with van der Waals surface area (Å²) in [5, 5.41) is 0.355. The first kappa shape index (κ1) is 16.2. The fourth-order valence-electron chi connectivity index (χ4n) is 2.40. The summed E-state index contributed by atoms with van der Waals surface area (Å²) in [6.45, 7) is 1.99. The first-order valence-electron chi connectivity index (χ1n) is 6.89. The summed E-state index contributed by atoms with van der Waals surface area (Å²) in [5.74, 6) is -0.415. The molecule has 21 heavy (non-hydrogen) atoms. The van der Waals surface area contributed by atoms with Gasteiger partial charge in [-0.2, -0.15) is 0 Å². The number of hydrogen-bond donors (Lipinski definition) is 1. The van der Waals surface area contributed by atoms with Crippen LogP contribution in [0.5, 0.6) is 0 Å². The van der Waals surface area contributed by atoms with Gasteiger partial charge < -0.3 is 10.5 Å². The van der Waals surface area contributed by atoms with E-state index in [9.17, 15) is 13.6 Å². The van der Waals surface area contributed by atoms with Gasteiger partial charge in [-0.3, -0.25) is 4.79 Å². The van der Waals surface area contributed by atoms with Gasteiger partial charge in [-0.05, 0) is 43.0 Å². The molecule has 1 saturated carbocycles. The Hall–Kier alpha value is -1.20. The average Bonchev–Trinajstić information content (AvgIpc) is 3.19. The monoisotopic (exact) mass is 317 g/mol. The predicted molar refractivity (Wildman–Crippen MR) is 76.5 cm³/mol. The third-order valence-electron chi connectivity index (χ3n) is 3.82. The van der Waals surface area contributed by atoms with Gasteiger partial charge in [0.2, 0.25) is 6.43 Å². The summed E-state index contributed by atoms with van der Waals surface area (Å²) in [6, 6.07) is 4.18. The molecule has 0 amide bonds. The normalized spacial score (nSPS) is 17.6. The summed E-state index contributed by atoms with van der Waals surface area (Å²) < 4.78 is 31.2. The lowest BCUT2D eigenvalue weighted by Crippen LogP contribution is -2.20. The fraction of sp³-hybridized carbons (Fsp3) is 0.533. The molecule has 0 radical (unpaired) electrons. The summed E-state index contributed by atoms with van der Waals surface area (Å²) in [4.78, 5) is 11.5. The standard InChI is InChI=1S/C15H18ClF2NO2/c1-2-21-13(20)8-12(19)9-5-10(7-11(16)6-9)15(3-4-15)14(17)18/h5-7,12,14H,2-4,8,19H2,1H3. The van der Waals surface area contributed by atoms with Gasteiger partial charge in [0.1, 0.15) is 0 Å². The lowest BCUT2D eigenvalue weighted by atomic mass is 9.92. The molecule has 1 aliphatic carbocycles. The van der Waals surface area contributed by atoms with Crippen molar-refractivity contribution in [2.75, 3.05) is 6.61 Å². The molecule has 1 atom stereocenters. The van der Waals surface area contributed by atoms with E-state index in [0.717, 1.165) is 0 Å². The third-order valence-corrected chi connectivity index (χ3v) is 4.04. The first-order valence-corrected chi connectivity index (χ1v) is 7.27. The van der Waals surface area contributed by atoms with Gasteiger partial charge >= 0.3 is 5.97 Å². The number of nitrogens with two attached hydrogens (primary N) is 1. The maximum Gasteiger partial charge on any atom is 0.307 e. The Balaban J connectivity index is 2.21. The van der Waals surface area contributed by atoms with Crippen molar-refractivity contribution in [1.29, 1.82) is 0 Å². The molecule has 0 spiro atoms. The largest absolute Gasteiger partial charge is 0.466 e. The van der Waals surface area contributed by atoms with E-state index >= 15 is 0 Å². The van der Waals surface area contributed by atoms with Crippen LogP contribution >= 0.6 is 11.6 Å². The van der Waals surface area contributed by atoms with Gasteiger partial charge in [-0.25, -0.2) is 8.78 Å². The lowest BCUT2D eigenvalue weighted by molar-refractivity contribution is -0.143. The molecule has 0 bridgehead atoms. The number of ether oxygens (including phenoxy) is 1. The molecule has 0 saturated heterocycles. The van der Waals surface area contributed by atoms with Crippen molar-refractivity contribution in [3.8, 4) is 0 Å². The molecule has 1 unspecified atom stereocenters. The highest BCUT2D eigenvalue weighted by Crippen LogP contribution is 2.53. The van der Waals surface area contributed by atoms with E-state index < -0.39 is 23.9 Å². The fourth-order valence-corrected chi connectivity index (χ4v) is 2.64. The Morgan fingerprint density at radius 1 is 1.43 bits per heavy atom. The van der Waals surface area contributed by atoms with Crippen LogP contribution in [0.2, 0.25) is 5.02 Å². The van der Waals surface area contributed by atoms with E-state index in [1.165, 1.54) is 0 Å². The second kappa shape index (κ2) is 6.28. The number of carbonyl (C=O) groups excluding carboxylic acids is 1. The number of rotatable bonds is 6. The van der Waals surface area contributed by atoms with Crippen LogP contribution in [-0.2, 0) is 14.9 Å². The van der Waals surface area contributed by atoms with Crippen LogP contribution in [0.3, 0.4) is 0 Å². The van der Waals surface area contributed by atoms with Crippen LogP contribution < -0.4 is 5.73 Å². The molecule has 6 heteroatoms. The highest BCUT2D eigenvalue weighted by atomic mass is 35.5. The van der Waals surface area contributed by atoms with Crippen molar-refractivity contribution in [3.63, 3.8) is 0 Å². The van der Waals surface area contributed by atoms with E-state index in [-0.39, 0.29) is 13.0 Å². The van der Waals surface area contributed by atoms with Crippen LogP contribution in [-0.4, -0.2) is 19.0 Å². The smallest absolute Gasteiger partial charge is 0.307 e. The molecular weight excluding hydrogens is 300 g/mol. The van der Waals surface area contributed by atoms with Crippen molar-refractivity contribution < 1.29 is 18.3 Å². The van der Waals surface area contributed by atoms with Crippen LogP contribution in [0.1, 0.15) is 43.4 Å². The van der Waals surface area contributed by atoms with Crippen LogP contribution in [0.25, 0.3) is 0 Å². The van der Waals surface area contributed by atoms with Crippen molar-refractivity contribution in [3.05, 3.63) is 34.3 Å². The number of carbonyl (C=O) groups is 1. The minimum atomic E-state index is -2.43. The second-order valence-corrected chi connectivity index (χ2v) is 5.78. The van der Waals surface area contributed by atoms with E-state index in [2.05, 4.69) is 0 Å². The van der Waals surface area contributed by atoms with Gasteiger partial charge in [0.25, 0.3) is 0 Å². The van der Waals surface area contributed by atoms with Crippen molar-refractivity contribution in [1.82, 2.24) is 0 Å². The van der Waals surface area contributed by atoms with Crippen molar-refractivity contribution in [2.45, 2.75) is 44.1 Å². The minimum Gasteiger partial charge on any atom is -0.466 e. The van der Waals surface area contributed by atoms with E-state index in [1.807, 2.05) is 0 Å². The third kappa shape index (κ3) is 3.52. The Labute approximate surface area is 127 Å². The highest BCUT2D eigenvalue weighted by molar-refractivity contribution is 6.30. The summed E-state index contributed by atoms with van der Waals surface area (Å²) in [5.41, 5.74) is 5.94. The molecule has 0 aliphatic heterocycles. The lowest BCUT2D eigenvalue weighted by Gasteiger charge is -2.18. The Kier molecular flexibility index (Phi) is 4.84. The quantitative estimate of drug-likeness (QED) is 0.816. The molecule has 2 N–H and O–H groups in total. The molecule has 3 nitrogen and oxygen atoms in total. The molecule has 116 valence electrons. The molecule has 1 aromatic carbocycles. The molecule has 2 rings (SSSR count). The number of benzene rings is 1. The second-order valence-electron chi connectivity index (χ2n) is 5.35. The zero-order valence-corrected chi connectivity index (χ0v) is 12.5. The highest BCUT2D eigenvalue weighted by Gasteiger charge is 2.52. The van der Waals surface area contributed by atoms with Gasteiger partial charge in [-0.1, -0.05) is 17.7 Å². The molecule has 0 heterocycles. The summed E-state index contributed by atoms with van der Waals surface area (Å²) >= 11 is 6.01. The van der Waals surface area contributed by atoms with Gasteiger partial charge in [-0.15, -0.1) is 0 Å². The maximum atomic E-state index is 13.2. The zero-order valence-electron chi connectivity index (χ0n) is 11.7. The van der Waals surface area contributed by atoms with E-state index in [4.69, 9.17) is 22.1 Å². The van der Waals surface area contributed by atoms with E-state index in [1.54, 1.807) is 25.1 Å². The Morgan fingerprint density at radius 2 is 2.10 bits per heavy atom. The predicted octanol–water partition coefficient (Wildman–Crippen LogP) is 3.59. The molecule has 1 aliphatic rings. The maximum absolute atomic E-state index is 13.2. The topological polar surface area (TPSA) is 52.3 Å². The first-order chi connectivity index (χ1) is 9.89. The molecule has 1 fully saturated rings. The van der Waals surface area contributed by atoms with Crippen LogP contribution in [0.4, 0.5) is 8.78 Å². The number of halogens is 3. The number of esters is 1. The van der Waals surface area contributed by atoms with Crippen molar-refractivity contribution >= 4 is 17.6 Å². The Bertz CT molecular complexity index is 532. The van der Waals surface area contributed by atoms with E-state index in [0.29, 0.717) is 29.0 Å². The number of hydrogen-bond acceptors (Lipinski definition) is 3. The summed E-state index contributed by atoms with van der Waals surface area (Å²) in [7, 11) is 0. The molecule has 1 aromatic rings. The van der Waals surface area contributed by atoms with Gasteiger partial charge in [0.05, 0.1) is 18.4 Å². The SMILES string of the molecule is CCOC(=O)CC(N)c1cc(Cl)cc(C2(C(F)F)CC2)c1. The minimum absolute atomic E-state index is 0.00466. The molecule has 0 aromatic heterocycles. The van der Waals surface area contributed by atoms with Crippen LogP contribution in [0, 0.1) is 0 Å². The zero-order chi connectivity index (χ0) is 15.6. The number of alkyl halides is 2. The van der Waals surface area contributed by atoms with Crippen LogP contribution in [0.15, 0.2) is 18.2 Å². The summed E-state index contributed by atoms with van der Waals surface area (Å²) in [6.07, 6.45) is -1.55. The molecular formula is C15H18ClF2NO2. The average molecular weight is 318 g/mol. The van der Waals surface area contributed by atoms with Gasteiger partial charge in [0.15, 0.2) is 0 Å². The van der Waals surface area contributed by atoms with Gasteiger partial charge in [0, 0.05) is 11.1 Å². The van der Waals surface area contributed by atoms with Crippen molar-refractivity contribution in [2.24, 2.45) is 5.73 Å². The Morgan fingerprint density at radius 3 is 2.62 bits per heavy atom.